The van der Waals surface area contributed by atoms with Gasteiger partial charge in [-0.15, -0.1) is 0 Å². The predicted molar refractivity (Wildman–Crippen MR) is 55.4 cm³/mol. The fraction of sp³-hybridized carbons (Fsp3) is 0.231. The molecule has 0 heterocycles. The van der Waals surface area contributed by atoms with Gasteiger partial charge < -0.3 is 0 Å². The van der Waals surface area contributed by atoms with Crippen molar-refractivity contribution in [3.05, 3.63) is 53.1 Å². The van der Waals surface area contributed by atoms with Crippen molar-refractivity contribution in [2.75, 3.05) is 0 Å². The average Bonchev–Trinajstić information content (AvgIpc) is 2.56. The first kappa shape index (κ1) is 7.14. The molecular weight excluding hydrogens is 156 g/mol. The third kappa shape index (κ3) is 0.983. The number of fused-ring (bicyclic) bond motifs is 3. The predicted octanol–water partition coefficient (Wildman–Crippen LogP) is 3.35. The van der Waals surface area contributed by atoms with E-state index < -0.39 is 0 Å². The van der Waals surface area contributed by atoms with Crippen molar-refractivity contribution in [1.82, 2.24) is 0 Å². The highest BCUT2D eigenvalue weighted by atomic mass is 14.2. The van der Waals surface area contributed by atoms with Gasteiger partial charge in [0.05, 0.1) is 0 Å². The molecule has 0 N–H and O–H groups in total. The van der Waals surface area contributed by atoms with E-state index in [0.717, 1.165) is 6.42 Å². The Bertz CT molecular complexity index is 408. The maximum absolute atomic E-state index is 2.40. The molecule has 0 unspecified atom stereocenters. The summed E-state index contributed by atoms with van der Waals surface area (Å²) in [6, 6.07) is 8.76. The van der Waals surface area contributed by atoms with Gasteiger partial charge in [-0.3, -0.25) is 0 Å². The van der Waals surface area contributed by atoms with Gasteiger partial charge in [0.15, 0.2) is 0 Å². The van der Waals surface area contributed by atoms with Crippen LogP contribution in [0.1, 0.15) is 24.0 Å². The smallest absolute Gasteiger partial charge is 0.00167 e. The minimum Gasteiger partial charge on any atom is -0.0801 e. The van der Waals surface area contributed by atoms with Crippen LogP contribution >= 0.6 is 0 Å². The second-order valence-electron chi connectivity index (χ2n) is 3.76. The Kier molecular flexibility index (Phi) is 1.42. The van der Waals surface area contributed by atoms with Crippen LogP contribution in [0.25, 0.3) is 5.57 Å². The first-order valence-corrected chi connectivity index (χ1v) is 4.93. The first-order valence-electron chi connectivity index (χ1n) is 4.93. The molecule has 0 spiro atoms. The van der Waals surface area contributed by atoms with Crippen molar-refractivity contribution >= 4 is 5.57 Å². The summed E-state index contributed by atoms with van der Waals surface area (Å²) in [4.78, 5) is 0. The molecule has 0 saturated heterocycles. The number of hydrogen-bond donors (Lipinski definition) is 0. The molecule has 0 nitrogen and oxygen atoms in total. The van der Waals surface area contributed by atoms with Crippen LogP contribution < -0.4 is 0 Å². The van der Waals surface area contributed by atoms with E-state index in [2.05, 4.69) is 36.4 Å². The molecule has 3 rings (SSSR count). The summed E-state index contributed by atoms with van der Waals surface area (Å²) < 4.78 is 0. The Morgan fingerprint density at radius 2 is 1.77 bits per heavy atom. The lowest BCUT2D eigenvalue weighted by molar-refractivity contribution is 1.02. The molecule has 13 heavy (non-hydrogen) atoms. The number of hydrogen-bond acceptors (Lipinski definition) is 0. The van der Waals surface area contributed by atoms with Crippen molar-refractivity contribution in [2.24, 2.45) is 0 Å². The highest BCUT2D eigenvalue weighted by Gasteiger charge is 2.21. The summed E-state index contributed by atoms with van der Waals surface area (Å²) >= 11 is 0. The molecule has 0 atom stereocenters. The molecule has 0 heteroatoms. The lowest BCUT2D eigenvalue weighted by Crippen LogP contribution is -1.86. The van der Waals surface area contributed by atoms with E-state index in [4.69, 9.17) is 0 Å². The van der Waals surface area contributed by atoms with Gasteiger partial charge in [-0.05, 0) is 41.5 Å². The SMILES string of the molecule is C1=C2Cc3ccccc3C2=CCC1. The number of benzene rings is 1. The van der Waals surface area contributed by atoms with Gasteiger partial charge in [0.25, 0.3) is 0 Å². The maximum atomic E-state index is 2.40. The lowest BCUT2D eigenvalue weighted by Gasteiger charge is -2.07. The van der Waals surface area contributed by atoms with Crippen molar-refractivity contribution in [1.29, 1.82) is 0 Å². The minimum absolute atomic E-state index is 1.15. The summed E-state index contributed by atoms with van der Waals surface area (Å²) in [6.45, 7) is 0. The fourth-order valence-electron chi connectivity index (χ4n) is 2.32. The van der Waals surface area contributed by atoms with E-state index in [1.807, 2.05) is 0 Å². The van der Waals surface area contributed by atoms with Gasteiger partial charge in [-0.1, -0.05) is 36.4 Å². The van der Waals surface area contributed by atoms with Crippen molar-refractivity contribution in [3.63, 3.8) is 0 Å². The third-order valence-corrected chi connectivity index (χ3v) is 2.94. The van der Waals surface area contributed by atoms with E-state index in [1.165, 1.54) is 29.5 Å². The molecule has 1 aromatic carbocycles. The van der Waals surface area contributed by atoms with Gasteiger partial charge in [-0.2, -0.15) is 0 Å². The van der Waals surface area contributed by atoms with E-state index in [9.17, 15) is 0 Å². The minimum atomic E-state index is 1.15. The van der Waals surface area contributed by atoms with Gasteiger partial charge in [-0.25, -0.2) is 0 Å². The Labute approximate surface area is 78.6 Å². The average molecular weight is 168 g/mol. The molecule has 2 aliphatic carbocycles. The monoisotopic (exact) mass is 168 g/mol. The van der Waals surface area contributed by atoms with Gasteiger partial charge >= 0.3 is 0 Å². The standard InChI is InChI=1S/C13H12/c1-3-7-12-10(5-1)9-11-6-2-4-8-13(11)12/h1,3,5-8H,2,4,9H2. The largest absolute Gasteiger partial charge is 0.0801 e. The van der Waals surface area contributed by atoms with Crippen molar-refractivity contribution in [2.45, 2.75) is 19.3 Å². The molecule has 0 aliphatic heterocycles. The molecule has 2 aliphatic rings. The molecule has 1 aromatic rings. The Balaban J connectivity index is 2.22. The molecule has 0 bridgehead atoms. The van der Waals surface area contributed by atoms with Crippen LogP contribution in [0.2, 0.25) is 0 Å². The van der Waals surface area contributed by atoms with Crippen molar-refractivity contribution < 1.29 is 0 Å². The second kappa shape index (κ2) is 2.59. The highest BCUT2D eigenvalue weighted by molar-refractivity contribution is 5.86. The maximum Gasteiger partial charge on any atom is -0.00167 e. The van der Waals surface area contributed by atoms with Gasteiger partial charge in [0, 0.05) is 0 Å². The van der Waals surface area contributed by atoms with Crippen molar-refractivity contribution in [3.8, 4) is 0 Å². The zero-order valence-corrected chi connectivity index (χ0v) is 7.59. The summed E-state index contributed by atoms with van der Waals surface area (Å²) in [6.07, 6.45) is 8.39. The molecule has 0 saturated carbocycles. The van der Waals surface area contributed by atoms with Crippen LogP contribution in [0.15, 0.2) is 42.0 Å². The Hall–Kier alpha value is -1.30. The van der Waals surface area contributed by atoms with Crippen LogP contribution in [0.4, 0.5) is 0 Å². The third-order valence-electron chi connectivity index (χ3n) is 2.94. The van der Waals surface area contributed by atoms with Crippen LogP contribution in [-0.2, 0) is 6.42 Å². The summed E-state index contributed by atoms with van der Waals surface area (Å²) in [5, 5.41) is 0. The van der Waals surface area contributed by atoms with Gasteiger partial charge in [0.2, 0.25) is 0 Å². The van der Waals surface area contributed by atoms with E-state index in [1.54, 1.807) is 5.57 Å². The molecule has 64 valence electrons. The fourth-order valence-corrected chi connectivity index (χ4v) is 2.32. The van der Waals surface area contributed by atoms with Gasteiger partial charge in [0.1, 0.15) is 0 Å². The molecule has 0 amide bonds. The molecule has 0 aromatic heterocycles. The van der Waals surface area contributed by atoms with Crippen LogP contribution in [0.3, 0.4) is 0 Å². The lowest BCUT2D eigenvalue weighted by atomic mass is 9.98. The topological polar surface area (TPSA) is 0 Å². The first-order chi connectivity index (χ1) is 6.45. The summed E-state index contributed by atoms with van der Waals surface area (Å²) in [5.74, 6) is 0. The second-order valence-corrected chi connectivity index (χ2v) is 3.76. The number of rotatable bonds is 0. The molecule has 0 fully saturated rings. The van der Waals surface area contributed by atoms with Crippen LogP contribution in [-0.4, -0.2) is 0 Å². The summed E-state index contributed by atoms with van der Waals surface area (Å²) in [7, 11) is 0. The molecule has 0 radical (unpaired) electrons. The highest BCUT2D eigenvalue weighted by Crippen LogP contribution is 2.38. The summed E-state index contributed by atoms with van der Waals surface area (Å²) in [5.41, 5.74) is 6.02. The van der Waals surface area contributed by atoms with Crippen LogP contribution in [0, 0.1) is 0 Å². The van der Waals surface area contributed by atoms with E-state index >= 15 is 0 Å². The molecular formula is C13H12. The zero-order valence-electron chi connectivity index (χ0n) is 7.59. The van der Waals surface area contributed by atoms with E-state index in [0.29, 0.717) is 0 Å². The quantitative estimate of drug-likeness (QED) is 0.557. The van der Waals surface area contributed by atoms with E-state index in [-0.39, 0.29) is 0 Å². The number of allylic oxidation sites excluding steroid dienone is 4. The van der Waals surface area contributed by atoms with Crippen LogP contribution in [0.5, 0.6) is 0 Å². The zero-order chi connectivity index (χ0) is 8.67. The Morgan fingerprint density at radius 1 is 0.923 bits per heavy atom. The normalized spacial score (nSPS) is 18.8. The Morgan fingerprint density at radius 3 is 2.77 bits per heavy atom.